The summed E-state index contributed by atoms with van der Waals surface area (Å²) in [7, 11) is -0.449. The van der Waals surface area contributed by atoms with Crippen molar-refractivity contribution in [3.05, 3.63) is 47.2 Å². The number of rotatable bonds is 8. The third-order valence-electron chi connectivity index (χ3n) is 5.32. The van der Waals surface area contributed by atoms with Crippen LogP contribution < -0.4 is 0 Å². The number of hydrogen-bond acceptors (Lipinski definition) is 6. The highest BCUT2D eigenvalue weighted by molar-refractivity contribution is 7.87. The van der Waals surface area contributed by atoms with Crippen molar-refractivity contribution < 1.29 is 22.1 Å². The lowest BCUT2D eigenvalue weighted by atomic mass is 9.87. The summed E-state index contributed by atoms with van der Waals surface area (Å²) < 4.78 is 42.5. The summed E-state index contributed by atoms with van der Waals surface area (Å²) in [6.07, 6.45) is 3.58. The van der Waals surface area contributed by atoms with Gasteiger partial charge in [-0.05, 0) is 30.4 Å². The Balaban J connectivity index is 2.08. The average Bonchev–Trinajstić information content (AvgIpc) is 2.67. The molecule has 0 spiro atoms. The molecule has 1 aliphatic carbocycles. The molecule has 1 aliphatic heterocycles. The molecule has 0 bridgehead atoms. The first-order valence-electron chi connectivity index (χ1n) is 9.50. The van der Waals surface area contributed by atoms with E-state index in [1.54, 1.807) is 14.2 Å². The largest absolute Gasteiger partial charge is 0.386 e. The van der Waals surface area contributed by atoms with Gasteiger partial charge in [-0.3, -0.25) is 4.90 Å². The van der Waals surface area contributed by atoms with Gasteiger partial charge in [-0.2, -0.15) is 8.42 Å². The van der Waals surface area contributed by atoms with Crippen LogP contribution in [0, 0.1) is 0 Å². The molecule has 1 aromatic carbocycles. The van der Waals surface area contributed by atoms with Gasteiger partial charge in [0, 0.05) is 33.7 Å². The molecule has 6 nitrogen and oxygen atoms in total. The number of methoxy groups -OCH3 is 2. The van der Waals surface area contributed by atoms with Crippen molar-refractivity contribution in [2.75, 3.05) is 40.5 Å². The molecule has 0 fully saturated rings. The SMILES string of the molecule is COCCN(CCOC)[C@H]1C2=C(CCCC2)OS(=O)(=O)[C@@H]1c1ccccc1. The molecule has 0 radical (unpaired) electrons. The molecule has 1 heterocycles. The minimum absolute atomic E-state index is 0.258. The molecule has 0 N–H and O–H groups in total. The number of allylic oxidation sites excluding steroid dienone is 1. The topological polar surface area (TPSA) is 65.1 Å². The van der Waals surface area contributed by atoms with E-state index in [-0.39, 0.29) is 6.04 Å². The van der Waals surface area contributed by atoms with Crippen LogP contribution in [0.1, 0.15) is 36.5 Å². The van der Waals surface area contributed by atoms with E-state index in [0.717, 1.165) is 30.4 Å². The average molecular weight is 396 g/mol. The van der Waals surface area contributed by atoms with Crippen molar-refractivity contribution in [2.45, 2.75) is 37.0 Å². The Morgan fingerprint density at radius 2 is 1.67 bits per heavy atom. The minimum atomic E-state index is -3.77. The van der Waals surface area contributed by atoms with Crippen LogP contribution in [0.25, 0.3) is 0 Å². The van der Waals surface area contributed by atoms with Crippen LogP contribution in [-0.4, -0.2) is 59.9 Å². The predicted molar refractivity (Wildman–Crippen MR) is 104 cm³/mol. The first kappa shape index (κ1) is 20.3. The number of benzene rings is 1. The summed E-state index contributed by atoms with van der Waals surface area (Å²) in [6, 6.07) is 9.14. The summed E-state index contributed by atoms with van der Waals surface area (Å²) >= 11 is 0. The van der Waals surface area contributed by atoms with Crippen molar-refractivity contribution in [3.8, 4) is 0 Å². The van der Waals surface area contributed by atoms with E-state index in [0.29, 0.717) is 38.5 Å². The van der Waals surface area contributed by atoms with E-state index in [2.05, 4.69) is 4.90 Å². The van der Waals surface area contributed by atoms with E-state index < -0.39 is 15.4 Å². The summed E-state index contributed by atoms with van der Waals surface area (Å²) in [5.41, 5.74) is 1.89. The second-order valence-electron chi connectivity index (χ2n) is 7.03. The number of hydrogen-bond donors (Lipinski definition) is 0. The maximum atomic E-state index is 13.2. The Bertz CT molecular complexity index is 739. The molecular formula is C20H29NO5S. The Morgan fingerprint density at radius 1 is 1.04 bits per heavy atom. The Morgan fingerprint density at radius 3 is 2.30 bits per heavy atom. The molecule has 1 aromatic rings. The Labute approximate surface area is 162 Å². The van der Waals surface area contributed by atoms with Gasteiger partial charge in [-0.25, -0.2) is 0 Å². The number of nitrogens with zero attached hydrogens (tertiary/aromatic N) is 1. The van der Waals surface area contributed by atoms with Gasteiger partial charge in [-0.1, -0.05) is 30.3 Å². The lowest BCUT2D eigenvalue weighted by Gasteiger charge is -2.43. The standard InChI is InChI=1S/C20H29NO5S/c1-24-14-12-21(13-15-25-2)19-17-10-6-7-11-18(17)26-27(22,23)20(19)16-8-4-3-5-9-16/h3-5,8-9,19-20H,6-7,10-15H2,1-2H3/t19-,20+/m0/s1. The highest BCUT2D eigenvalue weighted by atomic mass is 32.2. The Hall–Kier alpha value is -1.41. The summed E-state index contributed by atoms with van der Waals surface area (Å²) in [5.74, 6) is 0.651. The zero-order valence-corrected chi connectivity index (χ0v) is 16.9. The lowest BCUT2D eigenvalue weighted by Crippen LogP contribution is -2.49. The van der Waals surface area contributed by atoms with Crippen LogP contribution in [0.2, 0.25) is 0 Å². The van der Waals surface area contributed by atoms with Crippen LogP contribution in [0.15, 0.2) is 41.7 Å². The van der Waals surface area contributed by atoms with Crippen LogP contribution in [0.5, 0.6) is 0 Å². The van der Waals surface area contributed by atoms with Gasteiger partial charge in [-0.15, -0.1) is 0 Å². The van der Waals surface area contributed by atoms with Crippen molar-refractivity contribution in [1.29, 1.82) is 0 Å². The molecule has 7 heteroatoms. The highest BCUT2D eigenvalue weighted by Crippen LogP contribution is 2.45. The summed E-state index contributed by atoms with van der Waals surface area (Å²) in [4.78, 5) is 2.19. The zero-order chi connectivity index (χ0) is 19.3. The molecule has 27 heavy (non-hydrogen) atoms. The minimum Gasteiger partial charge on any atom is -0.386 e. The first-order chi connectivity index (χ1) is 13.1. The Kier molecular flexibility index (Phi) is 6.92. The summed E-state index contributed by atoms with van der Waals surface area (Å²) in [6.45, 7) is 2.34. The van der Waals surface area contributed by atoms with Crippen molar-refractivity contribution in [1.82, 2.24) is 4.90 Å². The quantitative estimate of drug-likeness (QED) is 0.631. The fourth-order valence-electron chi connectivity index (χ4n) is 4.05. The normalized spacial score (nSPS) is 24.6. The van der Waals surface area contributed by atoms with Crippen LogP contribution in [0.3, 0.4) is 0 Å². The smallest absolute Gasteiger partial charge is 0.317 e. The van der Waals surface area contributed by atoms with Gasteiger partial charge in [0.2, 0.25) is 0 Å². The zero-order valence-electron chi connectivity index (χ0n) is 16.1. The van der Waals surface area contributed by atoms with Gasteiger partial charge < -0.3 is 13.7 Å². The first-order valence-corrected chi connectivity index (χ1v) is 11.0. The third kappa shape index (κ3) is 4.54. The molecule has 3 rings (SSSR count). The molecule has 0 unspecified atom stereocenters. The molecule has 0 saturated heterocycles. The maximum Gasteiger partial charge on any atom is 0.317 e. The van der Waals surface area contributed by atoms with Gasteiger partial charge in [0.25, 0.3) is 0 Å². The van der Waals surface area contributed by atoms with Crippen LogP contribution >= 0.6 is 0 Å². The molecule has 0 amide bonds. The van der Waals surface area contributed by atoms with E-state index in [9.17, 15) is 8.42 Å². The van der Waals surface area contributed by atoms with E-state index in [4.69, 9.17) is 13.7 Å². The second-order valence-corrected chi connectivity index (χ2v) is 8.69. The summed E-state index contributed by atoms with van der Waals surface area (Å²) in [5, 5.41) is -0.746. The van der Waals surface area contributed by atoms with Crippen molar-refractivity contribution in [3.63, 3.8) is 0 Å². The van der Waals surface area contributed by atoms with Gasteiger partial charge >= 0.3 is 10.1 Å². The van der Waals surface area contributed by atoms with Crippen LogP contribution in [0.4, 0.5) is 0 Å². The molecular weight excluding hydrogens is 366 g/mol. The van der Waals surface area contributed by atoms with Crippen molar-refractivity contribution in [2.24, 2.45) is 0 Å². The van der Waals surface area contributed by atoms with Crippen LogP contribution in [-0.2, 0) is 23.8 Å². The van der Waals surface area contributed by atoms with E-state index in [1.165, 1.54) is 0 Å². The van der Waals surface area contributed by atoms with Crippen molar-refractivity contribution >= 4 is 10.1 Å². The fraction of sp³-hybridized carbons (Fsp3) is 0.600. The van der Waals surface area contributed by atoms with E-state index in [1.807, 2.05) is 30.3 Å². The van der Waals surface area contributed by atoms with E-state index >= 15 is 0 Å². The molecule has 2 atom stereocenters. The van der Waals surface area contributed by atoms with Gasteiger partial charge in [0.05, 0.1) is 19.3 Å². The maximum absolute atomic E-state index is 13.2. The second kappa shape index (κ2) is 9.19. The monoisotopic (exact) mass is 395 g/mol. The lowest BCUT2D eigenvalue weighted by molar-refractivity contribution is 0.0881. The molecule has 150 valence electrons. The third-order valence-corrected chi connectivity index (χ3v) is 6.90. The number of ether oxygens (including phenoxy) is 2. The predicted octanol–water partition coefficient (Wildman–Crippen LogP) is 2.88. The van der Waals surface area contributed by atoms with Gasteiger partial charge in [0.1, 0.15) is 11.0 Å². The fourth-order valence-corrected chi connectivity index (χ4v) is 5.77. The van der Waals surface area contributed by atoms with Gasteiger partial charge in [0.15, 0.2) is 0 Å². The molecule has 0 saturated carbocycles. The highest BCUT2D eigenvalue weighted by Gasteiger charge is 2.47. The molecule has 2 aliphatic rings. The molecule has 0 aromatic heterocycles.